The number of thioether (sulfide) groups is 1. The van der Waals surface area contributed by atoms with Gasteiger partial charge in [-0.2, -0.15) is 11.8 Å². The molecule has 1 heterocycles. The Morgan fingerprint density at radius 3 is 3.00 bits per heavy atom. The van der Waals surface area contributed by atoms with E-state index in [2.05, 4.69) is 12.1 Å². The molecule has 14 heavy (non-hydrogen) atoms. The van der Waals surface area contributed by atoms with Crippen molar-refractivity contribution in [3.63, 3.8) is 0 Å². The molecule has 1 aliphatic heterocycles. The summed E-state index contributed by atoms with van der Waals surface area (Å²) < 4.78 is 5.45. The van der Waals surface area contributed by atoms with Crippen LogP contribution in [0.25, 0.3) is 0 Å². The van der Waals surface area contributed by atoms with Crippen molar-refractivity contribution in [2.24, 2.45) is 5.73 Å². The van der Waals surface area contributed by atoms with E-state index in [0.717, 1.165) is 11.5 Å². The molecule has 0 radical (unpaired) electrons. The fourth-order valence-electron chi connectivity index (χ4n) is 1.59. The molecular formula is C11H15NOS. The minimum atomic E-state index is 0.317. The molecule has 0 aromatic heterocycles. The number of hydrogen-bond acceptors (Lipinski definition) is 3. The normalized spacial score (nSPS) is 25.6. The lowest BCUT2D eigenvalue weighted by atomic mass is 10.1. The lowest BCUT2D eigenvalue weighted by molar-refractivity contribution is 0.340. The highest BCUT2D eigenvalue weighted by Gasteiger charge is 2.29. The van der Waals surface area contributed by atoms with Crippen LogP contribution in [0.15, 0.2) is 24.3 Å². The van der Waals surface area contributed by atoms with E-state index in [-0.39, 0.29) is 0 Å². The van der Waals surface area contributed by atoms with E-state index in [4.69, 9.17) is 10.5 Å². The van der Waals surface area contributed by atoms with E-state index >= 15 is 0 Å². The maximum Gasteiger partial charge on any atom is 0.119 e. The smallest absolute Gasteiger partial charge is 0.119 e. The third-order valence-corrected chi connectivity index (χ3v) is 3.91. The van der Waals surface area contributed by atoms with Gasteiger partial charge in [0.05, 0.1) is 6.61 Å². The third kappa shape index (κ3) is 1.88. The maximum absolute atomic E-state index is 5.92. The Bertz CT molecular complexity index is 316. The Labute approximate surface area is 88.8 Å². The molecule has 76 valence electrons. The average Bonchev–Trinajstić information content (AvgIpc) is 2.17. The molecule has 0 amide bonds. The van der Waals surface area contributed by atoms with E-state index in [1.54, 1.807) is 0 Å². The Hall–Kier alpha value is -0.670. The standard InChI is InChI=1S/C11H15NOS/c1-2-13-9-5-3-4-8(6-9)11-10(12)7-14-11/h3-6,10-11H,2,7,12H2,1H3. The maximum atomic E-state index is 5.92. The monoisotopic (exact) mass is 209 g/mol. The summed E-state index contributed by atoms with van der Waals surface area (Å²) in [6.45, 7) is 2.71. The van der Waals surface area contributed by atoms with Gasteiger partial charge in [-0.25, -0.2) is 0 Å². The number of ether oxygens (including phenoxy) is 1. The average molecular weight is 209 g/mol. The van der Waals surface area contributed by atoms with Crippen molar-refractivity contribution < 1.29 is 4.74 Å². The number of rotatable bonds is 3. The molecule has 0 aliphatic carbocycles. The molecule has 0 saturated carbocycles. The molecule has 2 N–H and O–H groups in total. The van der Waals surface area contributed by atoms with Gasteiger partial charge in [0.1, 0.15) is 5.75 Å². The van der Waals surface area contributed by atoms with Gasteiger partial charge < -0.3 is 10.5 Å². The number of nitrogens with two attached hydrogens (primary N) is 1. The Balaban J connectivity index is 2.13. The zero-order valence-electron chi connectivity index (χ0n) is 8.27. The van der Waals surface area contributed by atoms with Gasteiger partial charge in [0.25, 0.3) is 0 Å². The summed E-state index contributed by atoms with van der Waals surface area (Å²) in [5.41, 5.74) is 7.21. The summed E-state index contributed by atoms with van der Waals surface area (Å²) in [5, 5.41) is 0.468. The molecule has 0 bridgehead atoms. The van der Waals surface area contributed by atoms with Crippen LogP contribution in [0, 0.1) is 0 Å². The second-order valence-electron chi connectivity index (χ2n) is 3.42. The van der Waals surface area contributed by atoms with Crippen LogP contribution in [0.4, 0.5) is 0 Å². The first-order chi connectivity index (χ1) is 6.81. The zero-order chi connectivity index (χ0) is 9.97. The molecule has 1 saturated heterocycles. The molecular weight excluding hydrogens is 194 g/mol. The van der Waals surface area contributed by atoms with Crippen LogP contribution in [0.5, 0.6) is 5.75 Å². The molecule has 0 spiro atoms. The first-order valence-corrected chi connectivity index (χ1v) is 5.96. The first kappa shape index (κ1) is 9.87. The fraction of sp³-hybridized carbons (Fsp3) is 0.455. The Morgan fingerprint density at radius 1 is 1.57 bits per heavy atom. The molecule has 2 atom stereocenters. The largest absolute Gasteiger partial charge is 0.494 e. The summed E-state index contributed by atoms with van der Waals surface area (Å²) >= 11 is 1.91. The minimum Gasteiger partial charge on any atom is -0.494 e. The topological polar surface area (TPSA) is 35.2 Å². The highest BCUT2D eigenvalue weighted by molar-refractivity contribution is 8.01. The third-order valence-electron chi connectivity index (χ3n) is 2.35. The molecule has 1 fully saturated rings. The van der Waals surface area contributed by atoms with Gasteiger partial charge in [-0.05, 0) is 24.6 Å². The Morgan fingerprint density at radius 2 is 2.43 bits per heavy atom. The van der Waals surface area contributed by atoms with Crippen LogP contribution < -0.4 is 10.5 Å². The molecule has 2 nitrogen and oxygen atoms in total. The summed E-state index contributed by atoms with van der Waals surface area (Å²) in [6.07, 6.45) is 0. The number of hydrogen-bond donors (Lipinski definition) is 1. The van der Waals surface area contributed by atoms with E-state index < -0.39 is 0 Å². The Kier molecular flexibility index (Phi) is 2.99. The van der Waals surface area contributed by atoms with Crippen LogP contribution in [0.2, 0.25) is 0 Å². The highest BCUT2D eigenvalue weighted by atomic mass is 32.2. The number of benzene rings is 1. The molecule has 2 unspecified atom stereocenters. The van der Waals surface area contributed by atoms with Gasteiger partial charge in [-0.1, -0.05) is 12.1 Å². The van der Waals surface area contributed by atoms with Crippen molar-refractivity contribution in [1.29, 1.82) is 0 Å². The van der Waals surface area contributed by atoms with E-state index in [1.165, 1.54) is 5.56 Å². The van der Waals surface area contributed by atoms with Gasteiger partial charge in [0.15, 0.2) is 0 Å². The van der Waals surface area contributed by atoms with Gasteiger partial charge in [0.2, 0.25) is 0 Å². The van der Waals surface area contributed by atoms with Crippen molar-refractivity contribution >= 4 is 11.8 Å². The lowest BCUT2D eigenvalue weighted by Gasteiger charge is -2.33. The van der Waals surface area contributed by atoms with E-state index in [9.17, 15) is 0 Å². The van der Waals surface area contributed by atoms with Gasteiger partial charge in [-0.15, -0.1) is 0 Å². The molecule has 3 heteroatoms. The minimum absolute atomic E-state index is 0.317. The second kappa shape index (κ2) is 4.24. The second-order valence-corrected chi connectivity index (χ2v) is 4.60. The summed E-state index contributed by atoms with van der Waals surface area (Å²) in [6, 6.07) is 8.56. The van der Waals surface area contributed by atoms with Crippen molar-refractivity contribution in [2.45, 2.75) is 18.2 Å². The van der Waals surface area contributed by atoms with Crippen molar-refractivity contribution in [3.05, 3.63) is 29.8 Å². The van der Waals surface area contributed by atoms with Gasteiger partial charge in [0, 0.05) is 17.0 Å². The molecule has 1 aliphatic rings. The summed E-state index contributed by atoms with van der Waals surface area (Å²) in [5.74, 6) is 2.02. The van der Waals surface area contributed by atoms with Crippen molar-refractivity contribution in [2.75, 3.05) is 12.4 Å². The van der Waals surface area contributed by atoms with Crippen LogP contribution in [-0.2, 0) is 0 Å². The predicted molar refractivity (Wildman–Crippen MR) is 60.8 cm³/mol. The molecule has 2 rings (SSSR count). The summed E-state index contributed by atoms with van der Waals surface area (Å²) in [7, 11) is 0. The molecule has 1 aromatic rings. The van der Waals surface area contributed by atoms with E-state index in [1.807, 2.05) is 30.8 Å². The van der Waals surface area contributed by atoms with Gasteiger partial charge in [-0.3, -0.25) is 0 Å². The molecule has 1 aromatic carbocycles. The quantitative estimate of drug-likeness (QED) is 0.829. The van der Waals surface area contributed by atoms with Crippen LogP contribution in [0.1, 0.15) is 17.7 Å². The summed E-state index contributed by atoms with van der Waals surface area (Å²) in [4.78, 5) is 0. The predicted octanol–water partition coefficient (Wildman–Crippen LogP) is 2.20. The van der Waals surface area contributed by atoms with Crippen LogP contribution in [-0.4, -0.2) is 18.4 Å². The van der Waals surface area contributed by atoms with E-state index in [0.29, 0.717) is 17.9 Å². The lowest BCUT2D eigenvalue weighted by Crippen LogP contribution is -2.37. The van der Waals surface area contributed by atoms with Crippen molar-refractivity contribution in [1.82, 2.24) is 0 Å². The fourth-order valence-corrected chi connectivity index (χ4v) is 2.54. The van der Waals surface area contributed by atoms with Crippen LogP contribution >= 0.6 is 11.8 Å². The first-order valence-electron chi connectivity index (χ1n) is 4.91. The van der Waals surface area contributed by atoms with Crippen LogP contribution in [0.3, 0.4) is 0 Å². The van der Waals surface area contributed by atoms with Gasteiger partial charge >= 0.3 is 0 Å². The van der Waals surface area contributed by atoms with Crippen molar-refractivity contribution in [3.8, 4) is 5.75 Å². The SMILES string of the molecule is CCOc1cccc(C2SCC2N)c1. The zero-order valence-corrected chi connectivity index (χ0v) is 9.09. The highest BCUT2D eigenvalue weighted by Crippen LogP contribution is 2.42.